The fourth-order valence-electron chi connectivity index (χ4n) is 2.84. The first-order chi connectivity index (χ1) is 9.15. The second-order valence-electron chi connectivity index (χ2n) is 5.71. The molecule has 0 radical (unpaired) electrons. The summed E-state index contributed by atoms with van der Waals surface area (Å²) < 4.78 is 13.1. The number of carboxylic acid groups (broad SMARTS) is 1. The summed E-state index contributed by atoms with van der Waals surface area (Å²) >= 11 is 0. The van der Waals surface area contributed by atoms with Gasteiger partial charge in [0.1, 0.15) is 5.82 Å². The molecule has 0 heterocycles. The zero-order chi connectivity index (χ0) is 13.4. The highest BCUT2D eigenvalue weighted by Crippen LogP contribution is 2.49. The molecule has 2 N–H and O–H groups in total. The SMILES string of the molecule is O=C(O)c1cc(F)ccc1NCC(C1CC1)C1CC1. The van der Waals surface area contributed by atoms with E-state index in [0.717, 1.165) is 24.4 Å². The van der Waals surface area contributed by atoms with Crippen molar-refractivity contribution in [3.63, 3.8) is 0 Å². The molecule has 4 heteroatoms. The molecule has 2 aliphatic rings. The highest BCUT2D eigenvalue weighted by Gasteiger charge is 2.41. The maximum atomic E-state index is 13.1. The van der Waals surface area contributed by atoms with E-state index >= 15 is 0 Å². The van der Waals surface area contributed by atoms with Crippen LogP contribution in [0.15, 0.2) is 18.2 Å². The van der Waals surface area contributed by atoms with E-state index in [9.17, 15) is 9.18 Å². The third kappa shape index (κ3) is 2.88. The van der Waals surface area contributed by atoms with Crippen LogP contribution in [-0.2, 0) is 0 Å². The summed E-state index contributed by atoms with van der Waals surface area (Å²) in [5.41, 5.74) is 0.547. The van der Waals surface area contributed by atoms with Gasteiger partial charge in [-0.05, 0) is 61.6 Å². The van der Waals surface area contributed by atoms with Crippen LogP contribution in [0.2, 0.25) is 0 Å². The zero-order valence-corrected chi connectivity index (χ0v) is 10.7. The van der Waals surface area contributed by atoms with Gasteiger partial charge >= 0.3 is 5.97 Å². The van der Waals surface area contributed by atoms with Crippen LogP contribution >= 0.6 is 0 Å². The maximum absolute atomic E-state index is 13.1. The van der Waals surface area contributed by atoms with Gasteiger partial charge in [0.05, 0.1) is 5.56 Å². The van der Waals surface area contributed by atoms with Crippen LogP contribution < -0.4 is 5.32 Å². The molecule has 0 aliphatic heterocycles. The number of nitrogens with one attached hydrogen (secondary N) is 1. The van der Waals surface area contributed by atoms with E-state index in [0.29, 0.717) is 11.6 Å². The lowest BCUT2D eigenvalue weighted by atomic mass is 9.97. The summed E-state index contributed by atoms with van der Waals surface area (Å²) in [6.07, 6.45) is 5.21. The number of rotatable bonds is 6. The number of hydrogen-bond acceptors (Lipinski definition) is 2. The molecule has 2 fully saturated rings. The second kappa shape index (κ2) is 4.83. The molecule has 0 bridgehead atoms. The molecule has 0 aromatic heterocycles. The standard InChI is InChI=1S/C15H18FNO2/c16-11-5-6-14(12(7-11)15(18)19)17-8-13(9-1-2-9)10-3-4-10/h5-7,9-10,13,17H,1-4,8H2,(H,18,19). The second-order valence-corrected chi connectivity index (χ2v) is 5.71. The normalized spacial score (nSPS) is 18.6. The molecule has 19 heavy (non-hydrogen) atoms. The first-order valence-electron chi connectivity index (χ1n) is 6.92. The summed E-state index contributed by atoms with van der Waals surface area (Å²) in [5.74, 6) is 0.689. The van der Waals surface area contributed by atoms with E-state index in [1.807, 2.05) is 0 Å². The molecule has 3 nitrogen and oxygen atoms in total. The van der Waals surface area contributed by atoms with Crippen LogP contribution in [0.25, 0.3) is 0 Å². The molecule has 1 aromatic carbocycles. The smallest absolute Gasteiger partial charge is 0.337 e. The minimum absolute atomic E-state index is 0.0188. The van der Waals surface area contributed by atoms with Crippen molar-refractivity contribution in [2.45, 2.75) is 25.7 Å². The quantitative estimate of drug-likeness (QED) is 0.827. The Morgan fingerprint density at radius 3 is 2.47 bits per heavy atom. The van der Waals surface area contributed by atoms with Gasteiger partial charge in [-0.3, -0.25) is 0 Å². The monoisotopic (exact) mass is 263 g/mol. The van der Waals surface area contributed by atoms with Gasteiger partial charge in [-0.25, -0.2) is 9.18 Å². The molecule has 0 saturated heterocycles. The predicted octanol–water partition coefficient (Wildman–Crippen LogP) is 3.37. The Bertz CT molecular complexity index is 483. The lowest BCUT2D eigenvalue weighted by Crippen LogP contribution is -2.19. The van der Waals surface area contributed by atoms with Crippen LogP contribution in [0.4, 0.5) is 10.1 Å². The molecule has 3 rings (SSSR count). The van der Waals surface area contributed by atoms with Gasteiger partial charge < -0.3 is 10.4 Å². The molecule has 102 valence electrons. The van der Waals surface area contributed by atoms with Gasteiger partial charge in [0.2, 0.25) is 0 Å². The largest absolute Gasteiger partial charge is 0.478 e. The Hall–Kier alpha value is -1.58. The van der Waals surface area contributed by atoms with Crippen molar-refractivity contribution in [2.75, 3.05) is 11.9 Å². The molecule has 2 saturated carbocycles. The fraction of sp³-hybridized carbons (Fsp3) is 0.533. The molecule has 2 aliphatic carbocycles. The third-order valence-electron chi connectivity index (χ3n) is 4.20. The number of anilines is 1. The van der Waals surface area contributed by atoms with Crippen LogP contribution in [0.5, 0.6) is 0 Å². The van der Waals surface area contributed by atoms with Gasteiger partial charge in [-0.15, -0.1) is 0 Å². The Kier molecular flexibility index (Phi) is 3.17. The van der Waals surface area contributed by atoms with E-state index in [1.165, 1.54) is 37.8 Å². The molecular formula is C15H18FNO2. The Morgan fingerprint density at radius 2 is 1.95 bits per heavy atom. The van der Waals surface area contributed by atoms with Crippen molar-refractivity contribution in [1.82, 2.24) is 0 Å². The van der Waals surface area contributed by atoms with Gasteiger partial charge in [-0.1, -0.05) is 0 Å². The van der Waals surface area contributed by atoms with E-state index in [2.05, 4.69) is 5.32 Å². The molecule has 1 aromatic rings. The Morgan fingerprint density at radius 1 is 1.32 bits per heavy atom. The number of carboxylic acids is 1. The van der Waals surface area contributed by atoms with Crippen molar-refractivity contribution >= 4 is 11.7 Å². The van der Waals surface area contributed by atoms with Crippen molar-refractivity contribution in [3.8, 4) is 0 Å². The van der Waals surface area contributed by atoms with Crippen molar-refractivity contribution < 1.29 is 14.3 Å². The molecule has 0 amide bonds. The Labute approximate surface area is 111 Å². The molecule has 0 spiro atoms. The number of carbonyl (C=O) groups is 1. The summed E-state index contributed by atoms with van der Waals surface area (Å²) in [7, 11) is 0. The van der Waals surface area contributed by atoms with Crippen molar-refractivity contribution in [1.29, 1.82) is 0 Å². The van der Waals surface area contributed by atoms with Gasteiger partial charge in [0, 0.05) is 12.2 Å². The summed E-state index contributed by atoms with van der Waals surface area (Å²) in [5, 5.41) is 12.3. The average Bonchev–Trinajstić information content (AvgIpc) is 3.25. The van der Waals surface area contributed by atoms with Crippen molar-refractivity contribution in [3.05, 3.63) is 29.6 Å². The number of benzene rings is 1. The van der Waals surface area contributed by atoms with E-state index < -0.39 is 11.8 Å². The van der Waals surface area contributed by atoms with Gasteiger partial charge in [0.25, 0.3) is 0 Å². The van der Waals surface area contributed by atoms with E-state index in [1.54, 1.807) is 0 Å². The van der Waals surface area contributed by atoms with Crippen molar-refractivity contribution in [2.24, 2.45) is 17.8 Å². The van der Waals surface area contributed by atoms with Crippen LogP contribution in [-0.4, -0.2) is 17.6 Å². The van der Waals surface area contributed by atoms with Crippen LogP contribution in [0, 0.1) is 23.6 Å². The lowest BCUT2D eigenvalue weighted by molar-refractivity contribution is 0.0697. The molecule has 0 atom stereocenters. The topological polar surface area (TPSA) is 49.3 Å². The summed E-state index contributed by atoms with van der Waals surface area (Å²) in [6.45, 7) is 0.807. The van der Waals surface area contributed by atoms with Crippen LogP contribution in [0.3, 0.4) is 0 Å². The number of halogens is 1. The first kappa shape index (κ1) is 12.5. The predicted molar refractivity (Wildman–Crippen MR) is 70.8 cm³/mol. The molecule has 0 unspecified atom stereocenters. The first-order valence-corrected chi connectivity index (χ1v) is 6.92. The van der Waals surface area contributed by atoms with E-state index in [4.69, 9.17) is 5.11 Å². The molecular weight excluding hydrogens is 245 g/mol. The fourth-order valence-corrected chi connectivity index (χ4v) is 2.84. The minimum atomic E-state index is -1.09. The number of hydrogen-bond donors (Lipinski definition) is 2. The average molecular weight is 263 g/mol. The zero-order valence-electron chi connectivity index (χ0n) is 10.7. The Balaban J connectivity index is 1.70. The lowest BCUT2D eigenvalue weighted by Gasteiger charge is -2.18. The van der Waals surface area contributed by atoms with Gasteiger partial charge in [0.15, 0.2) is 0 Å². The highest BCUT2D eigenvalue weighted by molar-refractivity contribution is 5.94. The maximum Gasteiger partial charge on any atom is 0.337 e. The summed E-state index contributed by atoms with van der Waals surface area (Å²) in [4.78, 5) is 11.1. The van der Waals surface area contributed by atoms with Crippen LogP contribution in [0.1, 0.15) is 36.0 Å². The minimum Gasteiger partial charge on any atom is -0.478 e. The van der Waals surface area contributed by atoms with E-state index in [-0.39, 0.29) is 5.56 Å². The highest BCUT2D eigenvalue weighted by atomic mass is 19.1. The summed E-state index contributed by atoms with van der Waals surface area (Å²) in [6, 6.07) is 3.90. The third-order valence-corrected chi connectivity index (χ3v) is 4.20. The number of aromatic carboxylic acids is 1. The van der Waals surface area contributed by atoms with Gasteiger partial charge in [-0.2, -0.15) is 0 Å².